The zero-order valence-corrected chi connectivity index (χ0v) is 11.7. The zero-order valence-electron chi connectivity index (χ0n) is 11.7. The highest BCUT2D eigenvalue weighted by Gasteiger charge is 2.30. The van der Waals surface area contributed by atoms with Crippen molar-refractivity contribution in [2.45, 2.75) is 20.4 Å². The smallest absolute Gasteiger partial charge is 0.0908 e. The van der Waals surface area contributed by atoms with Gasteiger partial charge in [0.05, 0.1) is 13.2 Å². The van der Waals surface area contributed by atoms with Crippen LogP contribution < -0.4 is 4.90 Å². The molecule has 1 aromatic rings. The molecular formula is C17H20N2. The topological polar surface area (TPSA) is 6.48 Å². The van der Waals surface area contributed by atoms with Gasteiger partial charge in [-0.1, -0.05) is 36.4 Å². The highest BCUT2D eigenvalue weighted by atomic mass is 15.4. The second-order valence-electron chi connectivity index (χ2n) is 5.45. The van der Waals surface area contributed by atoms with Gasteiger partial charge in [-0.2, -0.15) is 0 Å². The summed E-state index contributed by atoms with van der Waals surface area (Å²) >= 11 is 0. The van der Waals surface area contributed by atoms with E-state index in [2.05, 4.69) is 60.6 Å². The van der Waals surface area contributed by atoms with Crippen LogP contribution in [0.15, 0.2) is 54.3 Å². The minimum absolute atomic E-state index is 1.01. The van der Waals surface area contributed by atoms with Crippen LogP contribution in [0.2, 0.25) is 0 Å². The molecule has 0 amide bonds. The van der Waals surface area contributed by atoms with E-state index in [1.54, 1.807) is 0 Å². The van der Waals surface area contributed by atoms with Crippen molar-refractivity contribution < 1.29 is 0 Å². The molecule has 0 aliphatic carbocycles. The molecular weight excluding hydrogens is 232 g/mol. The Balaban J connectivity index is 1.92. The van der Waals surface area contributed by atoms with E-state index >= 15 is 0 Å². The van der Waals surface area contributed by atoms with Crippen LogP contribution in [0.4, 0.5) is 5.69 Å². The van der Waals surface area contributed by atoms with Crippen molar-refractivity contribution in [2.24, 2.45) is 0 Å². The lowest BCUT2D eigenvalue weighted by atomic mass is 10.1. The van der Waals surface area contributed by atoms with Gasteiger partial charge >= 0.3 is 0 Å². The Hall–Kier alpha value is -1.96. The van der Waals surface area contributed by atoms with Gasteiger partial charge in [-0.15, -0.1) is 0 Å². The summed E-state index contributed by atoms with van der Waals surface area (Å²) < 4.78 is 0. The average molecular weight is 252 g/mol. The van der Waals surface area contributed by atoms with E-state index in [4.69, 9.17) is 0 Å². The van der Waals surface area contributed by atoms with Gasteiger partial charge in [0.2, 0.25) is 0 Å². The minimum atomic E-state index is 1.01. The molecule has 2 heteroatoms. The average Bonchev–Trinajstić information content (AvgIpc) is 2.67. The lowest BCUT2D eigenvalue weighted by Crippen LogP contribution is -2.30. The monoisotopic (exact) mass is 252 g/mol. The summed E-state index contributed by atoms with van der Waals surface area (Å²) in [6, 6.07) is 6.78. The number of rotatable bonds is 2. The van der Waals surface area contributed by atoms with E-state index in [9.17, 15) is 0 Å². The van der Waals surface area contributed by atoms with Crippen molar-refractivity contribution in [2.75, 3.05) is 18.1 Å². The summed E-state index contributed by atoms with van der Waals surface area (Å²) in [4.78, 5) is 4.91. The van der Waals surface area contributed by atoms with Crippen LogP contribution in [0, 0.1) is 6.92 Å². The molecule has 1 aromatic carbocycles. The van der Waals surface area contributed by atoms with Gasteiger partial charge in [0.15, 0.2) is 0 Å². The normalized spacial score (nSPS) is 19.9. The molecule has 2 heterocycles. The molecule has 1 saturated heterocycles. The Bertz CT molecular complexity index is 581. The van der Waals surface area contributed by atoms with E-state index in [0.717, 1.165) is 19.8 Å². The maximum Gasteiger partial charge on any atom is 0.0908 e. The molecule has 0 saturated carbocycles. The first kappa shape index (κ1) is 12.1. The van der Waals surface area contributed by atoms with Gasteiger partial charge in [0.25, 0.3) is 0 Å². The van der Waals surface area contributed by atoms with Crippen LogP contribution in [0.25, 0.3) is 0 Å². The summed E-state index contributed by atoms with van der Waals surface area (Å²) in [5.74, 6) is 0. The predicted octanol–water partition coefficient (Wildman–Crippen LogP) is 3.60. The lowest BCUT2D eigenvalue weighted by molar-refractivity contribution is 0.375. The van der Waals surface area contributed by atoms with Crippen molar-refractivity contribution in [1.29, 1.82) is 0 Å². The van der Waals surface area contributed by atoms with Crippen LogP contribution in [0.3, 0.4) is 0 Å². The van der Waals surface area contributed by atoms with E-state index in [1.165, 1.54) is 28.1 Å². The summed E-state index contributed by atoms with van der Waals surface area (Å²) in [5, 5.41) is 0. The Morgan fingerprint density at radius 1 is 1.26 bits per heavy atom. The fraction of sp³-hybridized carbons (Fsp3) is 0.294. The number of allylic oxidation sites excluding steroid dienone is 4. The fourth-order valence-electron chi connectivity index (χ4n) is 2.94. The lowest BCUT2D eigenvalue weighted by Gasteiger charge is -2.29. The Labute approximate surface area is 115 Å². The minimum Gasteiger partial charge on any atom is -0.351 e. The molecule has 0 N–H and O–H groups in total. The number of nitrogens with zero attached hydrogens (tertiary/aromatic N) is 2. The number of aryl methyl sites for hydroxylation is 1. The first-order valence-corrected chi connectivity index (χ1v) is 6.76. The molecule has 3 rings (SSSR count). The number of hydrogen-bond acceptors (Lipinski definition) is 2. The van der Waals surface area contributed by atoms with Gasteiger partial charge < -0.3 is 9.80 Å². The molecule has 19 heavy (non-hydrogen) atoms. The van der Waals surface area contributed by atoms with Crippen molar-refractivity contribution in [1.82, 2.24) is 4.90 Å². The van der Waals surface area contributed by atoms with Crippen molar-refractivity contribution in [3.05, 3.63) is 65.4 Å². The Kier molecular flexibility index (Phi) is 2.94. The number of fused-ring (bicyclic) bond motifs is 4. The summed E-state index contributed by atoms with van der Waals surface area (Å²) in [6.45, 7) is 11.1. The highest BCUT2D eigenvalue weighted by Crippen LogP contribution is 2.35. The van der Waals surface area contributed by atoms with Gasteiger partial charge in [-0.25, -0.2) is 0 Å². The van der Waals surface area contributed by atoms with Gasteiger partial charge in [-0.3, -0.25) is 0 Å². The van der Waals surface area contributed by atoms with Gasteiger partial charge in [-0.05, 0) is 37.1 Å². The first-order chi connectivity index (χ1) is 9.17. The molecule has 2 aliphatic heterocycles. The second kappa shape index (κ2) is 4.61. The van der Waals surface area contributed by atoms with Gasteiger partial charge in [0, 0.05) is 17.9 Å². The number of benzene rings is 1. The Morgan fingerprint density at radius 2 is 2.11 bits per heavy atom. The third-order valence-electron chi connectivity index (χ3n) is 3.81. The molecule has 0 aromatic heterocycles. The standard InChI is InChI=1S/C17H20N2/c1-4-5-13(2)9-16-11-19-12-18(16)10-15-8-14(3)6-7-17(15)19/h4-9H,1,10-12H2,2-3H3/b13-5-,16-9-. The third kappa shape index (κ3) is 2.19. The quantitative estimate of drug-likeness (QED) is 0.742. The van der Waals surface area contributed by atoms with Crippen LogP contribution in [0.5, 0.6) is 0 Å². The largest absolute Gasteiger partial charge is 0.351 e. The summed E-state index contributed by atoms with van der Waals surface area (Å²) in [7, 11) is 0. The van der Waals surface area contributed by atoms with E-state index < -0.39 is 0 Å². The maximum atomic E-state index is 3.75. The van der Waals surface area contributed by atoms with Crippen LogP contribution in [-0.4, -0.2) is 18.1 Å². The van der Waals surface area contributed by atoms with Gasteiger partial charge in [0.1, 0.15) is 0 Å². The predicted molar refractivity (Wildman–Crippen MR) is 81.0 cm³/mol. The maximum absolute atomic E-state index is 3.75. The SMILES string of the molecule is C=C/C=C(C)\C=C1\CN2CN1Cc1cc(C)ccc12. The number of anilines is 1. The van der Waals surface area contributed by atoms with Crippen molar-refractivity contribution in [3.63, 3.8) is 0 Å². The molecule has 98 valence electrons. The third-order valence-corrected chi connectivity index (χ3v) is 3.81. The van der Waals surface area contributed by atoms with Crippen molar-refractivity contribution in [3.8, 4) is 0 Å². The molecule has 0 atom stereocenters. The molecule has 2 bridgehead atoms. The second-order valence-corrected chi connectivity index (χ2v) is 5.45. The molecule has 0 spiro atoms. The van der Waals surface area contributed by atoms with Crippen LogP contribution in [-0.2, 0) is 6.54 Å². The molecule has 0 unspecified atom stereocenters. The van der Waals surface area contributed by atoms with E-state index in [0.29, 0.717) is 0 Å². The van der Waals surface area contributed by atoms with E-state index in [-0.39, 0.29) is 0 Å². The first-order valence-electron chi connectivity index (χ1n) is 6.76. The van der Waals surface area contributed by atoms with Crippen LogP contribution >= 0.6 is 0 Å². The van der Waals surface area contributed by atoms with Crippen LogP contribution in [0.1, 0.15) is 18.1 Å². The molecule has 2 nitrogen and oxygen atoms in total. The van der Waals surface area contributed by atoms with E-state index in [1.807, 2.05) is 6.08 Å². The Morgan fingerprint density at radius 3 is 2.89 bits per heavy atom. The number of hydrogen-bond donors (Lipinski definition) is 0. The molecule has 2 aliphatic rings. The summed E-state index contributed by atoms with van der Waals surface area (Å²) in [6.07, 6.45) is 6.19. The fourth-order valence-corrected chi connectivity index (χ4v) is 2.94. The van der Waals surface area contributed by atoms with Crippen molar-refractivity contribution >= 4 is 5.69 Å². The molecule has 0 radical (unpaired) electrons. The molecule has 1 fully saturated rings. The highest BCUT2D eigenvalue weighted by molar-refractivity contribution is 5.59. The zero-order chi connectivity index (χ0) is 13.4. The summed E-state index contributed by atoms with van der Waals surface area (Å²) in [5.41, 5.74) is 6.86.